The Morgan fingerprint density at radius 2 is 0.805 bits per heavy atom. The van der Waals surface area contributed by atoms with Crippen LogP contribution >= 0.6 is 0 Å². The van der Waals surface area contributed by atoms with Gasteiger partial charge in [-0.1, -0.05) is 152 Å². The van der Waals surface area contributed by atoms with Crippen LogP contribution in [0.1, 0.15) is 187 Å². The van der Waals surface area contributed by atoms with Crippen LogP contribution in [-0.4, -0.2) is 6.29 Å². The average Bonchev–Trinajstić information content (AvgIpc) is 3.69. The van der Waals surface area contributed by atoms with Gasteiger partial charge in [-0.15, -0.1) is 0 Å². The van der Waals surface area contributed by atoms with E-state index in [1.807, 2.05) is 0 Å². The predicted octanol–water partition coefficient (Wildman–Crippen LogP) is 13.6. The standard InChI is InChI=1S/C40H70O/c1-3-5-7-9-11-13-15-17-19-21-23-25-27-29-31-33-35-40(37-39(40)38-41)36-34-32-30-28-26-24-22-20-18-16-14-12-10-8-6-4-2/h11-14,17-20,38-39H,3-10,15-16,21-37H2,1-2H3/b13-11-,14-12-,19-17-,20-18-. The van der Waals surface area contributed by atoms with Crippen molar-refractivity contribution in [2.75, 3.05) is 0 Å². The van der Waals surface area contributed by atoms with Crippen LogP contribution in [0.25, 0.3) is 0 Å². The molecule has 1 unspecified atom stereocenters. The van der Waals surface area contributed by atoms with Crippen molar-refractivity contribution in [3.63, 3.8) is 0 Å². The summed E-state index contributed by atoms with van der Waals surface area (Å²) in [5, 5.41) is 0. The van der Waals surface area contributed by atoms with Crippen molar-refractivity contribution in [3.8, 4) is 0 Å². The minimum atomic E-state index is 0.374. The molecule has 1 atom stereocenters. The van der Waals surface area contributed by atoms with Crippen LogP contribution in [0.5, 0.6) is 0 Å². The van der Waals surface area contributed by atoms with E-state index in [0.29, 0.717) is 11.3 Å². The Morgan fingerprint density at radius 3 is 1.15 bits per heavy atom. The zero-order valence-corrected chi connectivity index (χ0v) is 27.8. The molecule has 1 fully saturated rings. The number of carbonyl (C=O) groups is 1. The smallest absolute Gasteiger partial charge is 0.123 e. The minimum Gasteiger partial charge on any atom is -0.303 e. The van der Waals surface area contributed by atoms with E-state index in [4.69, 9.17) is 0 Å². The molecule has 0 amide bonds. The second-order valence-corrected chi connectivity index (χ2v) is 13.0. The molecule has 1 aliphatic rings. The maximum atomic E-state index is 11.5. The highest BCUT2D eigenvalue weighted by atomic mass is 16.1. The number of rotatable bonds is 31. The zero-order chi connectivity index (χ0) is 29.5. The largest absolute Gasteiger partial charge is 0.303 e. The van der Waals surface area contributed by atoms with E-state index < -0.39 is 0 Å². The van der Waals surface area contributed by atoms with Gasteiger partial charge >= 0.3 is 0 Å². The topological polar surface area (TPSA) is 17.1 Å². The van der Waals surface area contributed by atoms with E-state index in [-0.39, 0.29) is 0 Å². The normalized spacial score (nSPS) is 16.7. The van der Waals surface area contributed by atoms with E-state index in [9.17, 15) is 4.79 Å². The Balaban J connectivity index is 1.93. The fraction of sp³-hybridized carbons (Fsp3) is 0.775. The highest BCUT2D eigenvalue weighted by molar-refractivity contribution is 5.60. The van der Waals surface area contributed by atoms with Crippen molar-refractivity contribution in [1.29, 1.82) is 0 Å². The molecule has 0 radical (unpaired) electrons. The SMILES string of the molecule is CCCCC/C=C\C/C=C\CCCCCCCCC1(CCCCCCCC/C=C\C/C=C\CCCCC)CC1C=O. The van der Waals surface area contributed by atoms with Crippen molar-refractivity contribution in [1.82, 2.24) is 0 Å². The molecule has 1 saturated carbocycles. The number of carbonyl (C=O) groups excluding carboxylic acids is 1. The lowest BCUT2D eigenvalue weighted by Gasteiger charge is -2.16. The van der Waals surface area contributed by atoms with Gasteiger partial charge in [-0.3, -0.25) is 0 Å². The first kappa shape index (κ1) is 37.7. The lowest BCUT2D eigenvalue weighted by atomic mass is 9.89. The summed E-state index contributed by atoms with van der Waals surface area (Å²) in [5.74, 6) is 0.374. The van der Waals surface area contributed by atoms with Crippen molar-refractivity contribution < 1.29 is 4.79 Å². The van der Waals surface area contributed by atoms with Crippen LogP contribution in [0.2, 0.25) is 0 Å². The fourth-order valence-electron chi connectivity index (χ4n) is 6.20. The number of aldehydes is 1. The van der Waals surface area contributed by atoms with E-state index in [0.717, 1.165) is 12.8 Å². The van der Waals surface area contributed by atoms with Gasteiger partial charge in [0.25, 0.3) is 0 Å². The molecule has 236 valence electrons. The Hall–Kier alpha value is -1.37. The van der Waals surface area contributed by atoms with Gasteiger partial charge in [0.1, 0.15) is 6.29 Å². The summed E-state index contributed by atoms with van der Waals surface area (Å²) >= 11 is 0. The van der Waals surface area contributed by atoms with Crippen LogP contribution in [-0.2, 0) is 4.79 Å². The molecule has 1 rings (SSSR count). The monoisotopic (exact) mass is 567 g/mol. The van der Waals surface area contributed by atoms with Crippen LogP contribution in [0.3, 0.4) is 0 Å². The van der Waals surface area contributed by atoms with Gasteiger partial charge in [0.05, 0.1) is 0 Å². The summed E-state index contributed by atoms with van der Waals surface area (Å²) in [6.45, 7) is 4.53. The molecule has 1 aliphatic carbocycles. The quantitative estimate of drug-likeness (QED) is 0.0463. The molecule has 0 heterocycles. The Labute approximate surface area is 257 Å². The van der Waals surface area contributed by atoms with Gasteiger partial charge in [-0.25, -0.2) is 0 Å². The van der Waals surface area contributed by atoms with Crippen molar-refractivity contribution in [3.05, 3.63) is 48.6 Å². The van der Waals surface area contributed by atoms with Crippen molar-refractivity contribution in [2.24, 2.45) is 11.3 Å². The number of unbranched alkanes of at least 4 members (excludes halogenated alkanes) is 18. The van der Waals surface area contributed by atoms with E-state index in [1.165, 1.54) is 167 Å². The molecular weight excluding hydrogens is 496 g/mol. The predicted molar refractivity (Wildman–Crippen MR) is 185 cm³/mol. The van der Waals surface area contributed by atoms with Crippen molar-refractivity contribution in [2.45, 2.75) is 187 Å². The first-order chi connectivity index (χ1) is 20.3. The molecule has 0 aromatic carbocycles. The summed E-state index contributed by atoms with van der Waals surface area (Å²) in [5.41, 5.74) is 0.395. The fourth-order valence-corrected chi connectivity index (χ4v) is 6.20. The lowest BCUT2D eigenvalue weighted by Crippen LogP contribution is -2.05. The Morgan fingerprint density at radius 1 is 0.463 bits per heavy atom. The third-order valence-electron chi connectivity index (χ3n) is 9.17. The molecule has 1 nitrogen and oxygen atoms in total. The van der Waals surface area contributed by atoms with Gasteiger partial charge in [-0.05, 0) is 88.9 Å². The highest BCUT2D eigenvalue weighted by Gasteiger charge is 2.52. The molecule has 41 heavy (non-hydrogen) atoms. The van der Waals surface area contributed by atoms with Crippen LogP contribution in [0, 0.1) is 11.3 Å². The third kappa shape index (κ3) is 22.8. The van der Waals surface area contributed by atoms with Gasteiger partial charge in [0.2, 0.25) is 0 Å². The molecule has 0 aromatic rings. The first-order valence-corrected chi connectivity index (χ1v) is 18.3. The third-order valence-corrected chi connectivity index (χ3v) is 9.17. The molecular formula is C40H70O. The minimum absolute atomic E-state index is 0.374. The van der Waals surface area contributed by atoms with Gasteiger partial charge in [0, 0.05) is 5.92 Å². The van der Waals surface area contributed by atoms with E-state index in [2.05, 4.69) is 62.5 Å². The average molecular weight is 567 g/mol. The lowest BCUT2D eigenvalue weighted by molar-refractivity contribution is -0.109. The van der Waals surface area contributed by atoms with E-state index in [1.54, 1.807) is 0 Å². The molecule has 0 bridgehead atoms. The number of hydrogen-bond acceptors (Lipinski definition) is 1. The summed E-state index contributed by atoms with van der Waals surface area (Å²) < 4.78 is 0. The van der Waals surface area contributed by atoms with Crippen LogP contribution < -0.4 is 0 Å². The molecule has 0 N–H and O–H groups in total. The Bertz CT molecular complexity index is 633. The van der Waals surface area contributed by atoms with Gasteiger partial charge in [0.15, 0.2) is 0 Å². The summed E-state index contributed by atoms with van der Waals surface area (Å²) in [7, 11) is 0. The first-order valence-electron chi connectivity index (χ1n) is 18.3. The number of hydrogen-bond donors (Lipinski definition) is 0. The second kappa shape index (κ2) is 28.7. The summed E-state index contributed by atoms with van der Waals surface area (Å²) in [4.78, 5) is 11.5. The second-order valence-electron chi connectivity index (χ2n) is 13.0. The van der Waals surface area contributed by atoms with Crippen LogP contribution in [0.4, 0.5) is 0 Å². The highest BCUT2D eigenvalue weighted by Crippen LogP contribution is 2.58. The number of allylic oxidation sites excluding steroid dienone is 8. The maximum Gasteiger partial charge on any atom is 0.123 e. The van der Waals surface area contributed by atoms with Gasteiger partial charge < -0.3 is 4.79 Å². The molecule has 0 aromatic heterocycles. The molecule has 0 spiro atoms. The molecule has 0 aliphatic heterocycles. The molecule has 0 saturated heterocycles. The van der Waals surface area contributed by atoms with Crippen molar-refractivity contribution >= 4 is 6.29 Å². The maximum absolute atomic E-state index is 11.5. The summed E-state index contributed by atoms with van der Waals surface area (Å²) in [6.07, 6.45) is 55.3. The van der Waals surface area contributed by atoms with E-state index >= 15 is 0 Å². The van der Waals surface area contributed by atoms with Crippen LogP contribution in [0.15, 0.2) is 48.6 Å². The molecule has 1 heteroatoms. The zero-order valence-electron chi connectivity index (χ0n) is 27.8. The Kier molecular flexibility index (Phi) is 26.4. The summed E-state index contributed by atoms with van der Waals surface area (Å²) in [6, 6.07) is 0. The van der Waals surface area contributed by atoms with Gasteiger partial charge in [-0.2, -0.15) is 0 Å².